The third kappa shape index (κ3) is 9.23. The first-order chi connectivity index (χ1) is 25.7. The van der Waals surface area contributed by atoms with Gasteiger partial charge >= 0.3 is 6.09 Å². The summed E-state index contributed by atoms with van der Waals surface area (Å²) in [5.41, 5.74) is 8.85. The van der Waals surface area contributed by atoms with Crippen LogP contribution < -0.4 is 0 Å². The van der Waals surface area contributed by atoms with Crippen molar-refractivity contribution in [1.82, 2.24) is 4.90 Å². The van der Waals surface area contributed by atoms with Gasteiger partial charge in [-0.1, -0.05) is 29.4 Å². The lowest BCUT2D eigenvalue weighted by Crippen LogP contribution is -2.61. The summed E-state index contributed by atoms with van der Waals surface area (Å²) in [5.74, 6) is -5.61. The van der Waals surface area contributed by atoms with Crippen LogP contribution >= 0.6 is 0 Å². The molecule has 4 atom stereocenters. The van der Waals surface area contributed by atoms with Crippen LogP contribution in [0.25, 0.3) is 10.4 Å². The Bertz CT molecular complexity index is 1870. The van der Waals surface area contributed by atoms with E-state index in [-0.39, 0.29) is 49.0 Å². The van der Waals surface area contributed by atoms with Crippen LogP contribution in [0.5, 0.6) is 0 Å². The molecular formula is C40H44F4N4O6. The highest BCUT2D eigenvalue weighted by molar-refractivity contribution is 5.88. The maximum absolute atomic E-state index is 15.7. The molecule has 3 fully saturated rings. The molecule has 1 unspecified atom stereocenters. The number of ketones is 1. The SMILES string of the molecule is CC(C)(C)OC(=O)N1C[C@@H](CCc2c(F)cccc2CC(=O)[C@@H](N=[N+]=[N-])[C@@H](c2ccc(F)cc2)c2cc(F)cc(F)c2)OC2(CCCC3(C2)OCCO3)C1. The second kappa shape index (κ2) is 16.1. The van der Waals surface area contributed by atoms with E-state index in [1.165, 1.54) is 24.3 Å². The van der Waals surface area contributed by atoms with E-state index >= 15 is 4.39 Å². The van der Waals surface area contributed by atoms with E-state index in [9.17, 15) is 28.3 Å². The van der Waals surface area contributed by atoms with Crippen molar-refractivity contribution in [3.05, 3.63) is 117 Å². The summed E-state index contributed by atoms with van der Waals surface area (Å²) in [4.78, 5) is 32.0. The van der Waals surface area contributed by atoms with Crippen molar-refractivity contribution in [2.45, 2.75) is 101 Å². The summed E-state index contributed by atoms with van der Waals surface area (Å²) in [6.07, 6.45) is 1.52. The van der Waals surface area contributed by atoms with Crippen LogP contribution in [0, 0.1) is 23.3 Å². The monoisotopic (exact) mass is 752 g/mol. The van der Waals surface area contributed by atoms with Crippen LogP contribution in [-0.4, -0.2) is 72.2 Å². The Kier molecular flexibility index (Phi) is 11.7. The standard InChI is InChI=1S/C40H44F4N4O6/c1-38(2,3)54-37(50)48-22-31(53-39(24-48)14-5-15-40(23-39)51-16-17-52-40)12-13-32-26(6-4-7-33(32)44)20-34(49)36(46-47-45)35(25-8-10-28(41)11-9-25)27-18-29(42)21-30(43)19-27/h4,6-11,18-19,21,31,35-36H,5,12-17,20,22-24H2,1-3H3/t31-,35+,36-,39?/m1/s1. The number of benzene rings is 3. The van der Waals surface area contributed by atoms with Crippen LogP contribution in [0.15, 0.2) is 65.8 Å². The van der Waals surface area contributed by atoms with Gasteiger partial charge in [-0.15, -0.1) is 0 Å². The average molecular weight is 753 g/mol. The molecule has 2 saturated heterocycles. The molecule has 54 heavy (non-hydrogen) atoms. The van der Waals surface area contributed by atoms with Crippen molar-refractivity contribution < 1.29 is 46.1 Å². The third-order valence-corrected chi connectivity index (χ3v) is 10.2. The van der Waals surface area contributed by atoms with Gasteiger partial charge in [-0.2, -0.15) is 0 Å². The predicted molar refractivity (Wildman–Crippen MR) is 189 cm³/mol. The van der Waals surface area contributed by atoms with Crippen molar-refractivity contribution in [1.29, 1.82) is 0 Å². The van der Waals surface area contributed by atoms with Crippen molar-refractivity contribution in [2.24, 2.45) is 5.11 Å². The molecule has 0 N–H and O–H groups in total. The minimum Gasteiger partial charge on any atom is -0.444 e. The summed E-state index contributed by atoms with van der Waals surface area (Å²) < 4.78 is 83.1. The molecule has 3 aromatic carbocycles. The molecule has 10 nitrogen and oxygen atoms in total. The molecule has 2 spiro atoms. The summed E-state index contributed by atoms with van der Waals surface area (Å²) >= 11 is 0. The number of halogens is 4. The van der Waals surface area contributed by atoms with E-state index in [0.717, 1.165) is 30.7 Å². The number of morpholine rings is 1. The minimum atomic E-state index is -1.53. The van der Waals surface area contributed by atoms with Gasteiger partial charge in [0.15, 0.2) is 5.79 Å². The van der Waals surface area contributed by atoms with Crippen LogP contribution in [0.1, 0.15) is 81.0 Å². The molecule has 14 heteroatoms. The van der Waals surface area contributed by atoms with E-state index in [1.54, 1.807) is 31.7 Å². The van der Waals surface area contributed by atoms with E-state index in [0.29, 0.717) is 44.1 Å². The number of hydrogen-bond acceptors (Lipinski definition) is 7. The highest BCUT2D eigenvalue weighted by atomic mass is 19.1. The van der Waals surface area contributed by atoms with Crippen LogP contribution in [0.4, 0.5) is 22.4 Å². The highest BCUT2D eigenvalue weighted by Gasteiger charge is 2.53. The lowest BCUT2D eigenvalue weighted by Gasteiger charge is -2.51. The van der Waals surface area contributed by atoms with Gasteiger partial charge in [-0.3, -0.25) is 4.79 Å². The van der Waals surface area contributed by atoms with E-state index < -0.39 is 70.2 Å². The van der Waals surface area contributed by atoms with E-state index in [1.807, 2.05) is 0 Å². The Morgan fingerprint density at radius 3 is 2.35 bits per heavy atom. The summed E-state index contributed by atoms with van der Waals surface area (Å²) in [7, 11) is 0. The lowest BCUT2D eigenvalue weighted by atomic mass is 9.79. The molecule has 1 saturated carbocycles. The van der Waals surface area contributed by atoms with Gasteiger partial charge in [0.1, 0.15) is 40.7 Å². The predicted octanol–water partition coefficient (Wildman–Crippen LogP) is 8.49. The van der Waals surface area contributed by atoms with Gasteiger partial charge < -0.3 is 23.8 Å². The molecule has 1 aliphatic carbocycles. The second-order valence-electron chi connectivity index (χ2n) is 15.4. The lowest BCUT2D eigenvalue weighted by molar-refractivity contribution is -0.254. The smallest absolute Gasteiger partial charge is 0.410 e. The number of nitrogens with zero attached hydrogens (tertiary/aromatic N) is 4. The van der Waals surface area contributed by atoms with E-state index in [4.69, 9.17) is 18.9 Å². The normalized spacial score (nSPS) is 22.1. The zero-order valence-corrected chi connectivity index (χ0v) is 30.5. The molecule has 0 bridgehead atoms. The fourth-order valence-electron chi connectivity index (χ4n) is 8.03. The Labute approximate surface area is 311 Å². The van der Waals surface area contributed by atoms with Gasteiger partial charge in [-0.25, -0.2) is 22.4 Å². The maximum atomic E-state index is 15.7. The van der Waals surface area contributed by atoms with Crippen LogP contribution in [-0.2, 0) is 36.6 Å². The first kappa shape index (κ1) is 39.2. The van der Waals surface area contributed by atoms with Crippen molar-refractivity contribution in [2.75, 3.05) is 26.3 Å². The highest BCUT2D eigenvalue weighted by Crippen LogP contribution is 2.45. The zero-order valence-electron chi connectivity index (χ0n) is 30.5. The van der Waals surface area contributed by atoms with Crippen LogP contribution in [0.3, 0.4) is 0 Å². The second-order valence-corrected chi connectivity index (χ2v) is 15.4. The fourth-order valence-corrected chi connectivity index (χ4v) is 8.03. The summed E-state index contributed by atoms with van der Waals surface area (Å²) in [6.45, 7) is 6.78. The maximum Gasteiger partial charge on any atom is 0.410 e. The molecule has 0 aromatic heterocycles. The van der Waals surface area contributed by atoms with Gasteiger partial charge in [0.25, 0.3) is 0 Å². The number of carbonyl (C=O) groups is 2. The molecule has 6 rings (SSSR count). The number of rotatable bonds is 10. The third-order valence-electron chi connectivity index (χ3n) is 10.2. The molecule has 1 amide bonds. The molecule has 2 heterocycles. The number of hydrogen-bond donors (Lipinski definition) is 0. The number of carbonyl (C=O) groups excluding carboxylic acids is 2. The van der Waals surface area contributed by atoms with Crippen LogP contribution in [0.2, 0.25) is 0 Å². The van der Waals surface area contributed by atoms with E-state index in [2.05, 4.69) is 10.0 Å². The van der Waals surface area contributed by atoms with Gasteiger partial charge in [-0.05, 0) is 105 Å². The molecule has 3 aliphatic rings. The minimum absolute atomic E-state index is 0.000128. The number of ether oxygens (including phenoxy) is 4. The molecule has 3 aromatic rings. The summed E-state index contributed by atoms with van der Waals surface area (Å²) in [5, 5.41) is 3.76. The first-order valence-electron chi connectivity index (χ1n) is 18.2. The largest absolute Gasteiger partial charge is 0.444 e. The topological polar surface area (TPSA) is 123 Å². The summed E-state index contributed by atoms with van der Waals surface area (Å²) in [6, 6.07) is 10.5. The van der Waals surface area contributed by atoms with Crippen molar-refractivity contribution in [3.63, 3.8) is 0 Å². The van der Waals surface area contributed by atoms with Gasteiger partial charge in [0.05, 0.1) is 38.0 Å². The molecular weight excluding hydrogens is 708 g/mol. The number of Topliss-reactive ketones (excluding diaryl/α,β-unsaturated/α-hetero) is 1. The van der Waals surface area contributed by atoms with Gasteiger partial charge in [0.2, 0.25) is 0 Å². The molecule has 288 valence electrons. The Hall–Kier alpha value is -4.49. The average Bonchev–Trinajstić information content (AvgIpc) is 3.53. The zero-order chi connectivity index (χ0) is 38.7. The first-order valence-corrected chi connectivity index (χ1v) is 18.2. The molecule has 2 aliphatic heterocycles. The fraction of sp³-hybridized carbons (Fsp3) is 0.500. The Morgan fingerprint density at radius 1 is 0.981 bits per heavy atom. The number of azide groups is 1. The Morgan fingerprint density at radius 2 is 1.69 bits per heavy atom. The van der Waals surface area contributed by atoms with Gasteiger partial charge in [0, 0.05) is 36.2 Å². The molecule has 0 radical (unpaired) electrons. The van der Waals surface area contributed by atoms with Crippen molar-refractivity contribution >= 4 is 11.9 Å². The Balaban J connectivity index is 1.26. The quantitative estimate of drug-likeness (QED) is 0.0886. The van der Waals surface area contributed by atoms with Crippen molar-refractivity contribution in [3.8, 4) is 0 Å². The number of amides is 1.